The van der Waals surface area contributed by atoms with E-state index in [0.29, 0.717) is 12.3 Å². The molecule has 1 aliphatic rings. The van der Waals surface area contributed by atoms with E-state index >= 15 is 0 Å². The van der Waals surface area contributed by atoms with Crippen molar-refractivity contribution in [3.63, 3.8) is 0 Å². The molecule has 1 amide bonds. The fourth-order valence-electron chi connectivity index (χ4n) is 3.66. The second kappa shape index (κ2) is 7.96. The summed E-state index contributed by atoms with van der Waals surface area (Å²) in [7, 11) is 0. The van der Waals surface area contributed by atoms with Crippen LogP contribution >= 0.6 is 11.3 Å². The standard InChI is InChI=1S/C25H21N3O2S/c1-16-6-8-18(9-7-16)14-28-21-13-19(10-11-22(21)30-15-23(28)29)24-17(2)31-25(27-24)20-5-3-4-12-26-20/h3-13H,14-15H2,1-2H3. The van der Waals surface area contributed by atoms with E-state index in [-0.39, 0.29) is 12.5 Å². The molecule has 0 saturated carbocycles. The number of hydrogen-bond donors (Lipinski definition) is 0. The summed E-state index contributed by atoms with van der Waals surface area (Å²) in [5.41, 5.74) is 5.78. The number of aromatic nitrogens is 2. The van der Waals surface area contributed by atoms with Crippen LogP contribution in [-0.2, 0) is 11.3 Å². The highest BCUT2D eigenvalue weighted by molar-refractivity contribution is 7.15. The van der Waals surface area contributed by atoms with Gasteiger partial charge in [-0.25, -0.2) is 4.98 Å². The van der Waals surface area contributed by atoms with Crippen molar-refractivity contribution >= 4 is 22.9 Å². The molecule has 5 rings (SSSR count). The van der Waals surface area contributed by atoms with Crippen LogP contribution in [0.15, 0.2) is 66.9 Å². The van der Waals surface area contributed by atoms with Gasteiger partial charge in [-0.1, -0.05) is 35.9 Å². The Kier molecular flexibility index (Phi) is 5.00. The van der Waals surface area contributed by atoms with Gasteiger partial charge in [0.05, 0.1) is 23.6 Å². The molecule has 154 valence electrons. The van der Waals surface area contributed by atoms with Gasteiger partial charge < -0.3 is 9.64 Å². The number of hydrogen-bond acceptors (Lipinski definition) is 5. The zero-order valence-corrected chi connectivity index (χ0v) is 18.1. The highest BCUT2D eigenvalue weighted by Crippen LogP contribution is 2.39. The number of pyridine rings is 1. The van der Waals surface area contributed by atoms with Crippen LogP contribution in [0.3, 0.4) is 0 Å². The van der Waals surface area contributed by atoms with Gasteiger partial charge in [0.1, 0.15) is 10.8 Å². The van der Waals surface area contributed by atoms with Crippen molar-refractivity contribution in [3.05, 3.63) is 82.9 Å². The molecule has 0 aliphatic carbocycles. The SMILES string of the molecule is Cc1ccc(CN2C(=O)COc3ccc(-c4nc(-c5ccccn5)sc4C)cc32)cc1. The highest BCUT2D eigenvalue weighted by atomic mass is 32.1. The zero-order chi connectivity index (χ0) is 21.4. The smallest absolute Gasteiger partial charge is 0.265 e. The summed E-state index contributed by atoms with van der Waals surface area (Å²) in [5, 5.41) is 0.884. The maximum Gasteiger partial charge on any atom is 0.265 e. The maximum absolute atomic E-state index is 12.7. The van der Waals surface area contributed by atoms with Crippen LogP contribution in [0.4, 0.5) is 5.69 Å². The Balaban J connectivity index is 1.52. The van der Waals surface area contributed by atoms with Crippen molar-refractivity contribution in [2.75, 3.05) is 11.5 Å². The summed E-state index contributed by atoms with van der Waals surface area (Å²) in [6, 6.07) is 20.0. The van der Waals surface area contributed by atoms with E-state index < -0.39 is 0 Å². The number of fused-ring (bicyclic) bond motifs is 1. The summed E-state index contributed by atoms with van der Waals surface area (Å²) in [5.74, 6) is 0.669. The van der Waals surface area contributed by atoms with Crippen LogP contribution in [-0.4, -0.2) is 22.5 Å². The number of thiazole rings is 1. The molecule has 1 aliphatic heterocycles. The first kappa shape index (κ1) is 19.5. The van der Waals surface area contributed by atoms with Gasteiger partial charge in [0, 0.05) is 16.6 Å². The molecule has 0 unspecified atom stereocenters. The third-order valence-corrected chi connectivity index (χ3v) is 6.31. The topological polar surface area (TPSA) is 55.3 Å². The minimum Gasteiger partial charge on any atom is -0.482 e. The third-order valence-electron chi connectivity index (χ3n) is 5.32. The van der Waals surface area contributed by atoms with Gasteiger partial charge >= 0.3 is 0 Å². The van der Waals surface area contributed by atoms with E-state index in [0.717, 1.165) is 38.1 Å². The molecule has 0 bridgehead atoms. The van der Waals surface area contributed by atoms with Gasteiger partial charge in [-0.2, -0.15) is 0 Å². The van der Waals surface area contributed by atoms with Gasteiger partial charge in [0.25, 0.3) is 5.91 Å². The second-order valence-corrected chi connectivity index (χ2v) is 8.78. The molecule has 5 nitrogen and oxygen atoms in total. The molecule has 31 heavy (non-hydrogen) atoms. The largest absolute Gasteiger partial charge is 0.482 e. The first-order valence-corrected chi connectivity index (χ1v) is 10.9. The molecule has 0 atom stereocenters. The van der Waals surface area contributed by atoms with Gasteiger partial charge in [0.15, 0.2) is 6.61 Å². The predicted molar refractivity (Wildman–Crippen MR) is 123 cm³/mol. The number of benzene rings is 2. The average molecular weight is 428 g/mol. The second-order valence-electron chi connectivity index (χ2n) is 7.58. The fourth-order valence-corrected chi connectivity index (χ4v) is 4.57. The molecular weight excluding hydrogens is 406 g/mol. The molecular formula is C25H21N3O2S. The lowest BCUT2D eigenvalue weighted by atomic mass is 10.1. The van der Waals surface area contributed by atoms with Crippen molar-refractivity contribution in [1.29, 1.82) is 0 Å². The lowest BCUT2D eigenvalue weighted by molar-refractivity contribution is -0.121. The lowest BCUT2D eigenvalue weighted by Crippen LogP contribution is -2.38. The van der Waals surface area contributed by atoms with Gasteiger partial charge in [-0.15, -0.1) is 11.3 Å². The highest BCUT2D eigenvalue weighted by Gasteiger charge is 2.26. The minimum absolute atomic E-state index is 0.0469. The minimum atomic E-state index is -0.0469. The molecule has 0 saturated heterocycles. The Bertz CT molecular complexity index is 1250. The summed E-state index contributed by atoms with van der Waals surface area (Å²) in [6.45, 7) is 4.68. The normalized spacial score (nSPS) is 13.1. The molecule has 0 fully saturated rings. The number of carbonyl (C=O) groups excluding carboxylic acids is 1. The monoisotopic (exact) mass is 427 g/mol. The third kappa shape index (κ3) is 3.82. The Labute approximate surface area is 185 Å². The van der Waals surface area contributed by atoms with E-state index in [1.807, 2.05) is 36.4 Å². The number of ether oxygens (including phenoxy) is 1. The summed E-state index contributed by atoms with van der Waals surface area (Å²) in [4.78, 5) is 24.9. The first-order valence-electron chi connectivity index (χ1n) is 10.1. The first-order chi connectivity index (χ1) is 15.1. The van der Waals surface area contributed by atoms with Crippen LogP contribution in [0.2, 0.25) is 0 Å². The Morgan fingerprint density at radius 2 is 1.90 bits per heavy atom. The average Bonchev–Trinajstić information content (AvgIpc) is 3.19. The van der Waals surface area contributed by atoms with Crippen LogP contribution in [0, 0.1) is 13.8 Å². The summed E-state index contributed by atoms with van der Waals surface area (Å²) < 4.78 is 5.70. The van der Waals surface area contributed by atoms with Crippen LogP contribution in [0.1, 0.15) is 16.0 Å². The van der Waals surface area contributed by atoms with Crippen molar-refractivity contribution in [2.45, 2.75) is 20.4 Å². The van der Waals surface area contributed by atoms with Crippen molar-refractivity contribution in [3.8, 4) is 27.7 Å². The van der Waals surface area contributed by atoms with E-state index in [1.54, 1.807) is 22.4 Å². The number of aryl methyl sites for hydroxylation is 2. The summed E-state index contributed by atoms with van der Waals surface area (Å²) in [6.07, 6.45) is 1.77. The molecule has 0 radical (unpaired) electrons. The molecule has 2 aromatic carbocycles. The van der Waals surface area contributed by atoms with E-state index in [9.17, 15) is 4.79 Å². The quantitative estimate of drug-likeness (QED) is 0.437. The number of anilines is 1. The van der Waals surface area contributed by atoms with Crippen molar-refractivity contribution in [2.24, 2.45) is 0 Å². The van der Waals surface area contributed by atoms with Gasteiger partial charge in [-0.05, 0) is 49.7 Å². The van der Waals surface area contributed by atoms with E-state index in [4.69, 9.17) is 9.72 Å². The zero-order valence-electron chi connectivity index (χ0n) is 17.3. The van der Waals surface area contributed by atoms with Gasteiger partial charge in [-0.3, -0.25) is 9.78 Å². The van der Waals surface area contributed by atoms with E-state index in [2.05, 4.69) is 43.1 Å². The molecule has 4 aromatic rings. The number of nitrogens with zero attached hydrogens (tertiary/aromatic N) is 3. The van der Waals surface area contributed by atoms with Crippen molar-refractivity contribution in [1.82, 2.24) is 9.97 Å². The number of amides is 1. The molecule has 2 aromatic heterocycles. The molecule has 0 spiro atoms. The van der Waals surface area contributed by atoms with E-state index in [1.165, 1.54) is 5.56 Å². The van der Waals surface area contributed by atoms with Crippen LogP contribution in [0.25, 0.3) is 22.0 Å². The predicted octanol–water partition coefficient (Wildman–Crippen LogP) is 5.41. The molecule has 3 heterocycles. The number of rotatable bonds is 4. The van der Waals surface area contributed by atoms with Gasteiger partial charge in [0.2, 0.25) is 0 Å². The summed E-state index contributed by atoms with van der Waals surface area (Å²) >= 11 is 1.62. The number of carbonyl (C=O) groups is 1. The lowest BCUT2D eigenvalue weighted by Gasteiger charge is -2.30. The Morgan fingerprint density at radius 1 is 1.06 bits per heavy atom. The van der Waals surface area contributed by atoms with Crippen molar-refractivity contribution < 1.29 is 9.53 Å². The fraction of sp³-hybridized carbons (Fsp3) is 0.160. The molecule has 0 N–H and O–H groups in total. The Hall–Kier alpha value is -3.51. The van der Waals surface area contributed by atoms with Crippen LogP contribution < -0.4 is 9.64 Å². The Morgan fingerprint density at radius 3 is 2.68 bits per heavy atom. The van der Waals surface area contributed by atoms with Crippen LogP contribution in [0.5, 0.6) is 5.75 Å². The maximum atomic E-state index is 12.7. The molecule has 6 heteroatoms.